The van der Waals surface area contributed by atoms with E-state index in [4.69, 9.17) is 5.73 Å². The molecule has 2 N–H and O–H groups in total. The van der Waals surface area contributed by atoms with E-state index in [9.17, 15) is 0 Å². The van der Waals surface area contributed by atoms with Gasteiger partial charge in [0.1, 0.15) is 0 Å². The maximum Gasteiger partial charge on any atom is 0.155 e. The van der Waals surface area contributed by atoms with Crippen molar-refractivity contribution in [2.24, 2.45) is 12.8 Å². The van der Waals surface area contributed by atoms with Gasteiger partial charge in [-0.3, -0.25) is 0 Å². The smallest absolute Gasteiger partial charge is 0.155 e. The normalized spacial score (nSPS) is 29.1. The van der Waals surface area contributed by atoms with Crippen LogP contribution in [0.3, 0.4) is 0 Å². The molecule has 0 radical (unpaired) electrons. The topological polar surface area (TPSA) is 69.6 Å². The molecule has 0 amide bonds. The summed E-state index contributed by atoms with van der Waals surface area (Å²) < 4.78 is 1.73. The van der Waals surface area contributed by atoms with Crippen molar-refractivity contribution in [3.63, 3.8) is 0 Å². The van der Waals surface area contributed by atoms with Gasteiger partial charge in [0.05, 0.1) is 0 Å². The third kappa shape index (κ3) is 1.56. The van der Waals surface area contributed by atoms with E-state index in [-0.39, 0.29) is 6.04 Å². The highest BCUT2D eigenvalue weighted by Crippen LogP contribution is 2.29. The van der Waals surface area contributed by atoms with E-state index in [0.29, 0.717) is 5.92 Å². The van der Waals surface area contributed by atoms with Crippen LogP contribution >= 0.6 is 0 Å². The number of aromatic nitrogens is 4. The van der Waals surface area contributed by atoms with Gasteiger partial charge in [0.2, 0.25) is 0 Å². The van der Waals surface area contributed by atoms with Crippen molar-refractivity contribution in [1.82, 2.24) is 20.2 Å². The molecule has 72 valence electrons. The van der Waals surface area contributed by atoms with Crippen LogP contribution in [0.15, 0.2) is 0 Å². The quantitative estimate of drug-likeness (QED) is 0.671. The van der Waals surface area contributed by atoms with Crippen LogP contribution in [0.4, 0.5) is 0 Å². The second-order valence-electron chi connectivity index (χ2n) is 3.72. The highest BCUT2D eigenvalue weighted by molar-refractivity contribution is 5.00. The Hall–Kier alpha value is -0.970. The molecule has 0 saturated heterocycles. The van der Waals surface area contributed by atoms with Crippen molar-refractivity contribution in [1.29, 1.82) is 0 Å². The van der Waals surface area contributed by atoms with E-state index in [1.807, 2.05) is 7.05 Å². The number of aryl methyl sites for hydroxylation is 1. The summed E-state index contributed by atoms with van der Waals surface area (Å²) in [5.41, 5.74) is 6.03. The maximum absolute atomic E-state index is 6.03. The monoisotopic (exact) mass is 181 g/mol. The molecule has 1 aromatic rings. The first-order valence-electron chi connectivity index (χ1n) is 4.77. The first-order chi connectivity index (χ1) is 6.29. The number of nitrogens with two attached hydrogens (primary N) is 1. The molecule has 0 aliphatic heterocycles. The molecule has 5 nitrogen and oxygen atoms in total. The van der Waals surface area contributed by atoms with Crippen molar-refractivity contribution in [3.8, 4) is 0 Å². The van der Waals surface area contributed by atoms with Crippen LogP contribution in [0.5, 0.6) is 0 Å². The molecule has 1 heterocycles. The zero-order valence-electron chi connectivity index (χ0n) is 7.85. The largest absolute Gasteiger partial charge is 0.327 e. The SMILES string of the molecule is Cn1nnnc1C1CCCCC1N. The van der Waals surface area contributed by atoms with Crippen molar-refractivity contribution in [2.75, 3.05) is 0 Å². The van der Waals surface area contributed by atoms with Crippen LogP contribution in [0.1, 0.15) is 37.4 Å². The summed E-state index contributed by atoms with van der Waals surface area (Å²) in [5, 5.41) is 11.5. The number of tetrazole rings is 1. The molecule has 1 saturated carbocycles. The van der Waals surface area contributed by atoms with Gasteiger partial charge >= 0.3 is 0 Å². The first kappa shape index (κ1) is 8.62. The molecule has 0 bridgehead atoms. The van der Waals surface area contributed by atoms with Gasteiger partial charge in [-0.15, -0.1) is 5.10 Å². The summed E-state index contributed by atoms with van der Waals surface area (Å²) in [7, 11) is 1.87. The van der Waals surface area contributed by atoms with Crippen molar-refractivity contribution in [2.45, 2.75) is 37.6 Å². The summed E-state index contributed by atoms with van der Waals surface area (Å²) in [5.74, 6) is 1.29. The fourth-order valence-corrected chi connectivity index (χ4v) is 2.03. The Labute approximate surface area is 77.3 Å². The van der Waals surface area contributed by atoms with Crippen molar-refractivity contribution < 1.29 is 0 Å². The van der Waals surface area contributed by atoms with E-state index < -0.39 is 0 Å². The minimum Gasteiger partial charge on any atom is -0.327 e. The average molecular weight is 181 g/mol. The van der Waals surface area contributed by atoms with Crippen LogP contribution < -0.4 is 5.73 Å². The Morgan fingerprint density at radius 3 is 2.77 bits per heavy atom. The predicted octanol–water partition coefficient (Wildman–Crippen LogP) is 0.195. The van der Waals surface area contributed by atoms with Crippen molar-refractivity contribution in [3.05, 3.63) is 5.82 Å². The highest BCUT2D eigenvalue weighted by atomic mass is 15.5. The molecule has 1 aromatic heterocycles. The molecule has 2 atom stereocenters. The molecule has 1 aliphatic carbocycles. The minimum absolute atomic E-state index is 0.235. The summed E-state index contributed by atoms with van der Waals surface area (Å²) >= 11 is 0. The van der Waals surface area contributed by atoms with Gasteiger partial charge in [-0.05, 0) is 23.3 Å². The zero-order chi connectivity index (χ0) is 9.26. The Balaban J connectivity index is 2.19. The highest BCUT2D eigenvalue weighted by Gasteiger charge is 2.27. The molecule has 13 heavy (non-hydrogen) atoms. The van der Waals surface area contributed by atoms with E-state index in [1.165, 1.54) is 12.8 Å². The lowest BCUT2D eigenvalue weighted by molar-refractivity contribution is 0.364. The summed E-state index contributed by atoms with van der Waals surface area (Å²) in [4.78, 5) is 0. The van der Waals surface area contributed by atoms with Gasteiger partial charge in [0.25, 0.3) is 0 Å². The lowest BCUT2D eigenvalue weighted by atomic mass is 9.84. The van der Waals surface area contributed by atoms with Crippen LogP contribution in [-0.4, -0.2) is 26.2 Å². The number of nitrogens with zero attached hydrogens (tertiary/aromatic N) is 4. The Morgan fingerprint density at radius 1 is 1.38 bits per heavy atom. The fraction of sp³-hybridized carbons (Fsp3) is 0.875. The van der Waals surface area contributed by atoms with Gasteiger partial charge in [0, 0.05) is 19.0 Å². The lowest BCUT2D eigenvalue weighted by Crippen LogP contribution is -2.33. The Bertz CT molecular complexity index is 282. The molecule has 1 aliphatic rings. The van der Waals surface area contributed by atoms with Crippen LogP contribution in [0.2, 0.25) is 0 Å². The number of rotatable bonds is 1. The van der Waals surface area contributed by atoms with Gasteiger partial charge in [-0.1, -0.05) is 12.8 Å². The lowest BCUT2D eigenvalue weighted by Gasteiger charge is -2.26. The van der Waals surface area contributed by atoms with Gasteiger partial charge in [-0.25, -0.2) is 4.68 Å². The third-order valence-corrected chi connectivity index (χ3v) is 2.80. The molecule has 2 rings (SSSR count). The Kier molecular flexibility index (Phi) is 2.26. The standard InChI is InChI=1S/C8H15N5/c1-13-8(10-11-12-13)6-4-2-3-5-7(6)9/h6-7H,2-5,9H2,1H3. The second kappa shape index (κ2) is 3.41. The molecule has 0 spiro atoms. The molecular formula is C8H15N5. The van der Waals surface area contributed by atoms with Crippen molar-refractivity contribution >= 4 is 0 Å². The van der Waals surface area contributed by atoms with Gasteiger partial charge in [0.15, 0.2) is 5.82 Å². The summed E-state index contributed by atoms with van der Waals surface area (Å²) in [6.07, 6.45) is 4.70. The fourth-order valence-electron chi connectivity index (χ4n) is 2.03. The summed E-state index contributed by atoms with van der Waals surface area (Å²) in [6, 6.07) is 0.235. The molecule has 1 fully saturated rings. The second-order valence-corrected chi connectivity index (χ2v) is 3.72. The predicted molar refractivity (Wildman–Crippen MR) is 48.0 cm³/mol. The average Bonchev–Trinajstić information content (AvgIpc) is 2.52. The molecule has 0 aromatic carbocycles. The first-order valence-corrected chi connectivity index (χ1v) is 4.77. The van der Waals surface area contributed by atoms with Crippen LogP contribution in [0, 0.1) is 0 Å². The third-order valence-electron chi connectivity index (χ3n) is 2.80. The number of hydrogen-bond donors (Lipinski definition) is 1. The zero-order valence-corrected chi connectivity index (χ0v) is 7.85. The minimum atomic E-state index is 0.235. The molecular weight excluding hydrogens is 166 g/mol. The Morgan fingerprint density at radius 2 is 2.15 bits per heavy atom. The van der Waals surface area contributed by atoms with E-state index in [0.717, 1.165) is 18.7 Å². The van der Waals surface area contributed by atoms with E-state index >= 15 is 0 Å². The molecule has 5 heteroatoms. The molecule has 2 unspecified atom stereocenters. The van der Waals surface area contributed by atoms with Crippen LogP contribution in [0.25, 0.3) is 0 Å². The van der Waals surface area contributed by atoms with Crippen LogP contribution in [-0.2, 0) is 7.05 Å². The maximum atomic E-state index is 6.03. The summed E-state index contributed by atoms with van der Waals surface area (Å²) in [6.45, 7) is 0. The van der Waals surface area contributed by atoms with E-state index in [2.05, 4.69) is 15.5 Å². The number of hydrogen-bond acceptors (Lipinski definition) is 4. The van der Waals surface area contributed by atoms with E-state index in [1.54, 1.807) is 4.68 Å². The van der Waals surface area contributed by atoms with Gasteiger partial charge in [-0.2, -0.15) is 0 Å². The van der Waals surface area contributed by atoms with Gasteiger partial charge < -0.3 is 5.73 Å².